The molecule has 10 heteroatoms. The number of nitrogens with zero attached hydrogens (tertiary/aromatic N) is 6. The second kappa shape index (κ2) is 6.40. The Bertz CT molecular complexity index is 1220. The fourth-order valence-corrected chi connectivity index (χ4v) is 4.88. The number of halogens is 3. The number of aromatic nitrogens is 3. The molecule has 1 aliphatic heterocycles. The number of alkyl halides is 3. The van der Waals surface area contributed by atoms with E-state index in [2.05, 4.69) is 21.3 Å². The fourth-order valence-electron chi connectivity index (χ4n) is 4.88. The molecular formula is C21H19F3N6O. The predicted octanol–water partition coefficient (Wildman–Crippen LogP) is 3.26. The van der Waals surface area contributed by atoms with Crippen LogP contribution in [-0.4, -0.2) is 53.4 Å². The Balaban J connectivity index is 1.58. The van der Waals surface area contributed by atoms with Crippen LogP contribution in [0.4, 0.5) is 18.9 Å². The van der Waals surface area contributed by atoms with E-state index in [0.29, 0.717) is 34.6 Å². The first kappa shape index (κ1) is 19.8. The van der Waals surface area contributed by atoms with Gasteiger partial charge in [0.05, 0.1) is 23.0 Å². The lowest BCUT2D eigenvalue weighted by molar-refractivity contribution is -0.187. The zero-order chi connectivity index (χ0) is 22.0. The third kappa shape index (κ3) is 2.73. The average Bonchev–Trinajstić information content (AvgIpc) is 3.01. The smallest absolute Gasteiger partial charge is 0.397 e. The van der Waals surface area contributed by atoms with Gasteiger partial charge in [-0.2, -0.15) is 18.4 Å². The Morgan fingerprint density at radius 2 is 2.03 bits per heavy atom. The van der Waals surface area contributed by atoms with Gasteiger partial charge in [-0.1, -0.05) is 0 Å². The second-order valence-electron chi connectivity index (χ2n) is 8.58. The van der Waals surface area contributed by atoms with Gasteiger partial charge in [-0.05, 0) is 44.8 Å². The van der Waals surface area contributed by atoms with Gasteiger partial charge < -0.3 is 14.2 Å². The van der Waals surface area contributed by atoms with E-state index in [0.717, 1.165) is 0 Å². The van der Waals surface area contributed by atoms with Crippen LogP contribution in [0.2, 0.25) is 0 Å². The fraction of sp³-hybridized carbons (Fsp3) is 0.429. The summed E-state index contributed by atoms with van der Waals surface area (Å²) in [6, 6.07) is 8.87. The molecule has 2 aliphatic rings. The van der Waals surface area contributed by atoms with Crippen LogP contribution in [0.1, 0.15) is 23.8 Å². The highest BCUT2D eigenvalue weighted by Gasteiger charge is 2.86. The molecular weight excluding hydrogens is 409 g/mol. The van der Waals surface area contributed by atoms with E-state index in [1.807, 2.05) is 19.0 Å². The normalized spacial score (nSPS) is 25.1. The summed E-state index contributed by atoms with van der Waals surface area (Å²) in [6.45, 7) is 0.252. The Labute approximate surface area is 176 Å². The van der Waals surface area contributed by atoms with Crippen LogP contribution in [0.15, 0.2) is 34.9 Å². The van der Waals surface area contributed by atoms with Gasteiger partial charge in [-0.3, -0.25) is 4.98 Å². The quantitative estimate of drug-likeness (QED) is 0.631. The lowest BCUT2D eigenvalue weighted by Gasteiger charge is -2.25. The van der Waals surface area contributed by atoms with Crippen molar-refractivity contribution in [3.8, 4) is 6.07 Å². The molecule has 0 bridgehead atoms. The first-order valence-electron chi connectivity index (χ1n) is 9.78. The van der Waals surface area contributed by atoms with Gasteiger partial charge in [0, 0.05) is 30.4 Å². The van der Waals surface area contributed by atoms with Crippen LogP contribution in [0.25, 0.3) is 10.9 Å². The maximum atomic E-state index is 14.3. The first-order chi connectivity index (χ1) is 14.7. The minimum Gasteiger partial charge on any atom is -0.423 e. The standard InChI is InChI=1S/C21H19F3N6O/c1-29(2)9-16-27-28-18(31-16)19-10-20(19,21(22,23)24)12-30(11-19)15-6-5-13(8-25)17-14(15)4-3-7-26-17/h3-7H,9-12H2,1-2H3/t19-,20-/m0/s1. The number of hydrogen-bond acceptors (Lipinski definition) is 7. The summed E-state index contributed by atoms with van der Waals surface area (Å²) in [5.41, 5.74) is -1.74. The number of rotatable bonds is 4. The molecule has 5 rings (SSSR count). The zero-order valence-electron chi connectivity index (χ0n) is 16.9. The number of benzene rings is 1. The number of fused-ring (bicyclic) bond motifs is 2. The average molecular weight is 428 g/mol. The Kier molecular flexibility index (Phi) is 4.08. The minimum atomic E-state index is -4.42. The van der Waals surface area contributed by atoms with Crippen molar-refractivity contribution < 1.29 is 17.6 Å². The van der Waals surface area contributed by atoms with E-state index in [9.17, 15) is 18.4 Å². The van der Waals surface area contributed by atoms with Crippen molar-refractivity contribution in [1.82, 2.24) is 20.1 Å². The molecule has 31 heavy (non-hydrogen) atoms. The number of hydrogen-bond donors (Lipinski definition) is 0. The van der Waals surface area contributed by atoms with Gasteiger partial charge in [0.2, 0.25) is 11.8 Å². The van der Waals surface area contributed by atoms with Gasteiger partial charge in [-0.15, -0.1) is 10.2 Å². The summed E-state index contributed by atoms with van der Waals surface area (Å²) >= 11 is 0. The van der Waals surface area contributed by atoms with Crippen molar-refractivity contribution in [3.05, 3.63) is 47.8 Å². The molecule has 2 atom stereocenters. The lowest BCUT2D eigenvalue weighted by Crippen LogP contribution is -2.34. The van der Waals surface area contributed by atoms with Gasteiger partial charge in [0.1, 0.15) is 11.5 Å². The molecule has 0 amide bonds. The van der Waals surface area contributed by atoms with Gasteiger partial charge in [-0.25, -0.2) is 0 Å². The highest BCUT2D eigenvalue weighted by molar-refractivity contribution is 5.95. The van der Waals surface area contributed by atoms with E-state index < -0.39 is 17.0 Å². The molecule has 160 valence electrons. The van der Waals surface area contributed by atoms with Gasteiger partial charge in [0.25, 0.3) is 0 Å². The van der Waals surface area contributed by atoms with E-state index >= 15 is 0 Å². The highest BCUT2D eigenvalue weighted by atomic mass is 19.4. The number of anilines is 1. The largest absolute Gasteiger partial charge is 0.423 e. The van der Waals surface area contributed by atoms with Crippen molar-refractivity contribution in [2.24, 2.45) is 5.41 Å². The summed E-state index contributed by atoms with van der Waals surface area (Å²) in [4.78, 5) is 7.79. The third-order valence-electron chi connectivity index (χ3n) is 6.39. The molecule has 0 N–H and O–H groups in total. The van der Waals surface area contributed by atoms with Gasteiger partial charge in [0.15, 0.2) is 0 Å². The zero-order valence-corrected chi connectivity index (χ0v) is 16.9. The molecule has 0 unspecified atom stereocenters. The molecule has 0 radical (unpaired) electrons. The van der Waals surface area contributed by atoms with E-state index in [-0.39, 0.29) is 25.4 Å². The Morgan fingerprint density at radius 1 is 1.23 bits per heavy atom. The summed E-state index contributed by atoms with van der Waals surface area (Å²) < 4.78 is 48.5. The molecule has 7 nitrogen and oxygen atoms in total. The lowest BCUT2D eigenvalue weighted by atomic mass is 9.95. The van der Waals surface area contributed by atoms with Crippen molar-refractivity contribution in [2.75, 3.05) is 32.1 Å². The van der Waals surface area contributed by atoms with E-state index in [4.69, 9.17) is 4.42 Å². The molecule has 1 saturated carbocycles. The van der Waals surface area contributed by atoms with Crippen LogP contribution in [0.5, 0.6) is 0 Å². The monoisotopic (exact) mass is 428 g/mol. The Hall–Kier alpha value is -3.19. The number of pyridine rings is 1. The third-order valence-corrected chi connectivity index (χ3v) is 6.39. The summed E-state index contributed by atoms with van der Waals surface area (Å²) in [5.74, 6) is 0.337. The number of nitriles is 1. The molecule has 0 spiro atoms. The molecule has 3 heterocycles. The van der Waals surface area contributed by atoms with Crippen molar-refractivity contribution in [2.45, 2.75) is 24.6 Å². The van der Waals surface area contributed by atoms with Crippen molar-refractivity contribution in [1.29, 1.82) is 5.26 Å². The summed E-state index contributed by atoms with van der Waals surface area (Å²) in [7, 11) is 3.64. The Morgan fingerprint density at radius 3 is 2.74 bits per heavy atom. The molecule has 1 aromatic carbocycles. The molecule has 1 aliphatic carbocycles. The van der Waals surface area contributed by atoms with E-state index in [1.165, 1.54) is 0 Å². The molecule has 2 fully saturated rings. The van der Waals surface area contributed by atoms with Crippen LogP contribution in [0.3, 0.4) is 0 Å². The second-order valence-corrected chi connectivity index (χ2v) is 8.58. The minimum absolute atomic E-state index is 0.0419. The van der Waals surface area contributed by atoms with Crippen molar-refractivity contribution in [3.63, 3.8) is 0 Å². The molecule has 1 saturated heterocycles. The molecule has 2 aromatic heterocycles. The van der Waals surface area contributed by atoms with Gasteiger partial charge >= 0.3 is 6.18 Å². The SMILES string of the molecule is CN(C)Cc1nnc([C@]23CN(c4ccc(C#N)c5ncccc45)C[C@@]2(C(F)(F)F)C3)o1. The van der Waals surface area contributed by atoms with Crippen LogP contribution < -0.4 is 4.90 Å². The topological polar surface area (TPSA) is 82.1 Å². The van der Waals surface area contributed by atoms with Crippen molar-refractivity contribution >= 4 is 16.6 Å². The maximum absolute atomic E-state index is 14.3. The summed E-state index contributed by atoms with van der Waals surface area (Å²) in [5, 5.41) is 18.0. The highest BCUT2D eigenvalue weighted by Crippen LogP contribution is 2.75. The van der Waals surface area contributed by atoms with Crippen LogP contribution in [0, 0.1) is 16.7 Å². The van der Waals surface area contributed by atoms with Crippen LogP contribution in [-0.2, 0) is 12.0 Å². The maximum Gasteiger partial charge on any atom is 0.397 e. The summed E-state index contributed by atoms with van der Waals surface area (Å²) in [6.07, 6.45) is -2.92. The molecule has 3 aromatic rings. The number of piperidine rings is 1. The predicted molar refractivity (Wildman–Crippen MR) is 105 cm³/mol. The van der Waals surface area contributed by atoms with Crippen LogP contribution >= 0.6 is 0 Å². The van der Waals surface area contributed by atoms with E-state index in [1.54, 1.807) is 35.4 Å². The first-order valence-corrected chi connectivity index (χ1v) is 9.78.